The summed E-state index contributed by atoms with van der Waals surface area (Å²) in [6.45, 7) is 0. The largest absolute Gasteiger partial charge is 0.474 e. The second kappa shape index (κ2) is 8.89. The van der Waals surface area contributed by atoms with Crippen LogP contribution in [0, 0.1) is 0 Å². The zero-order chi connectivity index (χ0) is 21.8. The van der Waals surface area contributed by atoms with Crippen LogP contribution in [-0.4, -0.2) is 29.2 Å². The van der Waals surface area contributed by atoms with Gasteiger partial charge in [0.1, 0.15) is 5.75 Å². The molecule has 2 N–H and O–H groups in total. The van der Waals surface area contributed by atoms with E-state index >= 15 is 0 Å². The summed E-state index contributed by atoms with van der Waals surface area (Å²) in [5.41, 5.74) is 1.73. The van der Waals surface area contributed by atoms with Crippen molar-refractivity contribution in [3.8, 4) is 5.75 Å². The van der Waals surface area contributed by atoms with Crippen LogP contribution >= 0.6 is 11.6 Å². The third-order valence-corrected chi connectivity index (χ3v) is 4.86. The van der Waals surface area contributed by atoms with Crippen molar-refractivity contribution in [3.05, 3.63) is 88.9 Å². The van der Waals surface area contributed by atoms with E-state index in [0.29, 0.717) is 38.6 Å². The average Bonchev–Trinajstić information content (AvgIpc) is 3.19. The molecule has 0 spiro atoms. The number of carbonyl (C=O) groups excluding carboxylic acids is 2. The van der Waals surface area contributed by atoms with Gasteiger partial charge in [0.25, 0.3) is 5.91 Å². The smallest absolute Gasteiger partial charge is 0.351 e. The average molecular weight is 436 g/mol. The molecular formula is C23H18ClN3O4. The number of hydrogen-bond acceptors (Lipinski definition) is 5. The number of fused-ring (bicyclic) bond motifs is 1. The van der Waals surface area contributed by atoms with Crippen LogP contribution in [0.3, 0.4) is 0 Å². The van der Waals surface area contributed by atoms with Gasteiger partial charge in [-0.05, 0) is 30.3 Å². The Labute approximate surface area is 182 Å². The number of hydrogen-bond donors (Lipinski definition) is 2. The molecule has 1 aromatic heterocycles. The van der Waals surface area contributed by atoms with E-state index in [4.69, 9.17) is 21.1 Å². The minimum atomic E-state index is -0.909. The van der Waals surface area contributed by atoms with E-state index in [0.717, 1.165) is 0 Å². The summed E-state index contributed by atoms with van der Waals surface area (Å²) >= 11 is 5.95. The van der Waals surface area contributed by atoms with Crippen molar-refractivity contribution in [2.45, 2.75) is 6.10 Å². The van der Waals surface area contributed by atoms with Gasteiger partial charge in [-0.15, -0.1) is 0 Å². The van der Waals surface area contributed by atoms with Gasteiger partial charge in [0.15, 0.2) is 5.82 Å². The van der Waals surface area contributed by atoms with E-state index in [-0.39, 0.29) is 5.91 Å². The van der Waals surface area contributed by atoms with Gasteiger partial charge < -0.3 is 14.8 Å². The van der Waals surface area contributed by atoms with Crippen molar-refractivity contribution in [2.24, 2.45) is 0 Å². The van der Waals surface area contributed by atoms with Gasteiger partial charge in [0.05, 0.1) is 12.6 Å². The first-order valence-corrected chi connectivity index (χ1v) is 9.77. The van der Waals surface area contributed by atoms with Crippen LogP contribution in [0.5, 0.6) is 5.75 Å². The number of amides is 1. The molecule has 8 heteroatoms. The third kappa shape index (κ3) is 4.51. The standard InChI is InChI=1S/C23H18ClN3O4/c1-30-23(29)20(14-6-3-2-4-7-14)31-17-10-11-18-19(13-17)26-27-21(18)25-22(28)15-8-5-9-16(24)12-15/h2-13,20H,1H3,(H2,25,26,27,28). The molecule has 7 nitrogen and oxygen atoms in total. The lowest BCUT2D eigenvalue weighted by Crippen LogP contribution is -2.20. The number of aromatic amines is 1. The second-order valence-electron chi connectivity index (χ2n) is 6.68. The van der Waals surface area contributed by atoms with Crippen molar-refractivity contribution < 1.29 is 19.1 Å². The van der Waals surface area contributed by atoms with Crippen LogP contribution < -0.4 is 10.1 Å². The van der Waals surface area contributed by atoms with E-state index in [1.165, 1.54) is 7.11 Å². The highest BCUT2D eigenvalue weighted by atomic mass is 35.5. The number of carbonyl (C=O) groups is 2. The minimum Gasteiger partial charge on any atom is -0.474 e. The molecule has 0 saturated heterocycles. The van der Waals surface area contributed by atoms with Crippen LogP contribution in [0.1, 0.15) is 22.0 Å². The summed E-state index contributed by atoms with van der Waals surface area (Å²) in [4.78, 5) is 24.7. The van der Waals surface area contributed by atoms with E-state index < -0.39 is 12.1 Å². The van der Waals surface area contributed by atoms with Crippen LogP contribution in [0.25, 0.3) is 10.9 Å². The predicted molar refractivity (Wildman–Crippen MR) is 117 cm³/mol. The summed E-state index contributed by atoms with van der Waals surface area (Å²) in [7, 11) is 1.31. The van der Waals surface area contributed by atoms with Gasteiger partial charge >= 0.3 is 5.97 Å². The third-order valence-electron chi connectivity index (χ3n) is 4.62. The summed E-state index contributed by atoms with van der Waals surface area (Å²) in [6.07, 6.45) is -0.909. The number of aromatic nitrogens is 2. The lowest BCUT2D eigenvalue weighted by atomic mass is 10.1. The quantitative estimate of drug-likeness (QED) is 0.426. The number of halogens is 1. The Balaban J connectivity index is 1.57. The molecule has 0 aliphatic heterocycles. The van der Waals surface area contributed by atoms with Gasteiger partial charge in [-0.3, -0.25) is 9.89 Å². The monoisotopic (exact) mass is 435 g/mol. The first-order chi connectivity index (χ1) is 15.0. The van der Waals surface area contributed by atoms with Gasteiger partial charge in [-0.2, -0.15) is 5.10 Å². The van der Waals surface area contributed by atoms with E-state index in [2.05, 4.69) is 15.5 Å². The van der Waals surface area contributed by atoms with Crippen LogP contribution in [0.4, 0.5) is 5.82 Å². The Morgan fingerprint density at radius 3 is 2.58 bits per heavy atom. The number of esters is 1. The fourth-order valence-electron chi connectivity index (χ4n) is 3.10. The molecular weight excluding hydrogens is 418 g/mol. The topological polar surface area (TPSA) is 93.3 Å². The molecule has 0 bridgehead atoms. The SMILES string of the molecule is COC(=O)C(Oc1ccc2c(NC(=O)c3cccc(Cl)c3)n[nH]c2c1)c1ccccc1. The molecule has 4 aromatic rings. The maximum atomic E-state index is 12.5. The Morgan fingerprint density at radius 1 is 1.03 bits per heavy atom. The first kappa shape index (κ1) is 20.4. The Bertz CT molecular complexity index is 1240. The number of benzene rings is 3. The lowest BCUT2D eigenvalue weighted by Gasteiger charge is -2.17. The van der Waals surface area contributed by atoms with E-state index in [1.807, 2.05) is 18.2 Å². The molecule has 0 radical (unpaired) electrons. The van der Waals surface area contributed by atoms with Crippen molar-refractivity contribution in [1.29, 1.82) is 0 Å². The fraction of sp³-hybridized carbons (Fsp3) is 0.0870. The Hall–Kier alpha value is -3.84. The maximum absolute atomic E-state index is 12.5. The number of anilines is 1. The Morgan fingerprint density at radius 2 is 1.84 bits per heavy atom. The van der Waals surface area contributed by atoms with E-state index in [1.54, 1.807) is 54.6 Å². The maximum Gasteiger partial charge on any atom is 0.351 e. The predicted octanol–water partition coefficient (Wildman–Crippen LogP) is 4.76. The number of rotatable bonds is 6. The van der Waals surface area contributed by atoms with Gasteiger partial charge in [0.2, 0.25) is 6.10 Å². The highest BCUT2D eigenvalue weighted by molar-refractivity contribution is 6.31. The normalized spacial score (nSPS) is 11.7. The molecule has 4 rings (SSSR count). The lowest BCUT2D eigenvalue weighted by molar-refractivity contribution is -0.149. The molecule has 1 heterocycles. The van der Waals surface area contributed by atoms with Gasteiger partial charge in [0, 0.05) is 27.6 Å². The Kier molecular flexibility index (Phi) is 5.86. The summed E-state index contributed by atoms with van der Waals surface area (Å²) < 4.78 is 10.8. The molecule has 1 unspecified atom stereocenters. The molecule has 31 heavy (non-hydrogen) atoms. The number of nitrogens with one attached hydrogen (secondary N) is 2. The summed E-state index contributed by atoms with van der Waals surface area (Å²) in [5, 5.41) is 11.0. The minimum absolute atomic E-state index is 0.328. The molecule has 1 atom stereocenters. The summed E-state index contributed by atoms with van der Waals surface area (Å²) in [6, 6.07) is 20.9. The molecule has 3 aromatic carbocycles. The number of H-pyrrole nitrogens is 1. The molecule has 0 aliphatic carbocycles. The van der Waals surface area contributed by atoms with Gasteiger partial charge in [-0.1, -0.05) is 48.0 Å². The zero-order valence-electron chi connectivity index (χ0n) is 16.5. The van der Waals surface area contributed by atoms with Crippen molar-refractivity contribution in [3.63, 3.8) is 0 Å². The molecule has 0 aliphatic rings. The molecule has 0 fully saturated rings. The van der Waals surface area contributed by atoms with Crippen LogP contribution in [0.15, 0.2) is 72.8 Å². The highest BCUT2D eigenvalue weighted by Crippen LogP contribution is 2.29. The highest BCUT2D eigenvalue weighted by Gasteiger charge is 2.24. The number of methoxy groups -OCH3 is 1. The second-order valence-corrected chi connectivity index (χ2v) is 7.11. The number of ether oxygens (including phenoxy) is 2. The van der Waals surface area contributed by atoms with Crippen LogP contribution in [-0.2, 0) is 9.53 Å². The molecule has 1 amide bonds. The molecule has 156 valence electrons. The number of nitrogens with zero attached hydrogens (tertiary/aromatic N) is 1. The van der Waals surface area contributed by atoms with Gasteiger partial charge in [-0.25, -0.2) is 4.79 Å². The zero-order valence-corrected chi connectivity index (χ0v) is 17.2. The first-order valence-electron chi connectivity index (χ1n) is 9.39. The fourth-order valence-corrected chi connectivity index (χ4v) is 3.29. The summed E-state index contributed by atoms with van der Waals surface area (Å²) in [5.74, 6) is -0.0151. The van der Waals surface area contributed by atoms with Crippen LogP contribution in [0.2, 0.25) is 5.02 Å². The van der Waals surface area contributed by atoms with Crippen molar-refractivity contribution in [1.82, 2.24) is 10.2 Å². The molecule has 0 saturated carbocycles. The van der Waals surface area contributed by atoms with Crippen molar-refractivity contribution >= 4 is 40.2 Å². The van der Waals surface area contributed by atoms with E-state index in [9.17, 15) is 9.59 Å². The van der Waals surface area contributed by atoms with Crippen molar-refractivity contribution in [2.75, 3.05) is 12.4 Å².